The monoisotopic (exact) mass is 461 g/mol. The number of hydrogen-bond acceptors (Lipinski definition) is 6. The van der Waals surface area contributed by atoms with E-state index < -0.39 is 23.5 Å². The summed E-state index contributed by atoms with van der Waals surface area (Å²) in [7, 11) is 1.50. The molecule has 1 unspecified atom stereocenters. The highest BCUT2D eigenvalue weighted by Gasteiger charge is 2.47. The van der Waals surface area contributed by atoms with Crippen molar-refractivity contribution in [2.45, 2.75) is 6.04 Å². The molecule has 1 amide bonds. The van der Waals surface area contributed by atoms with E-state index in [9.17, 15) is 19.1 Å². The first kappa shape index (κ1) is 21.5. The Bertz CT molecular complexity index is 1330. The van der Waals surface area contributed by atoms with Crippen LogP contribution in [-0.2, 0) is 9.59 Å². The summed E-state index contributed by atoms with van der Waals surface area (Å²) in [6.45, 7) is 0.762. The van der Waals surface area contributed by atoms with Gasteiger partial charge in [-0.3, -0.25) is 14.5 Å². The summed E-state index contributed by atoms with van der Waals surface area (Å²) in [6.07, 6.45) is 0. The predicted octanol–water partition coefficient (Wildman–Crippen LogP) is 4.23. The molecule has 8 heteroatoms. The molecule has 1 atom stereocenters. The van der Waals surface area contributed by atoms with Crippen molar-refractivity contribution >= 4 is 23.1 Å². The van der Waals surface area contributed by atoms with E-state index in [1.54, 1.807) is 42.5 Å². The Morgan fingerprint density at radius 3 is 2.53 bits per heavy atom. The topological polar surface area (TPSA) is 85.3 Å². The Kier molecular flexibility index (Phi) is 5.41. The normalized spacial score (nSPS) is 18.8. The maximum Gasteiger partial charge on any atom is 0.300 e. The summed E-state index contributed by atoms with van der Waals surface area (Å²) >= 11 is 0. The van der Waals surface area contributed by atoms with Gasteiger partial charge in [0.2, 0.25) is 0 Å². The van der Waals surface area contributed by atoms with Crippen molar-refractivity contribution < 1.29 is 33.3 Å². The number of ether oxygens (including phenoxy) is 3. The summed E-state index contributed by atoms with van der Waals surface area (Å²) in [5.41, 5.74) is 0.867. The highest BCUT2D eigenvalue weighted by molar-refractivity contribution is 6.51. The molecule has 0 radical (unpaired) electrons. The molecule has 0 spiro atoms. The number of benzene rings is 3. The third kappa shape index (κ3) is 3.63. The Labute approximate surface area is 194 Å². The van der Waals surface area contributed by atoms with Crippen LogP contribution in [0.4, 0.5) is 10.1 Å². The number of aliphatic hydroxyl groups is 1. The number of ketones is 1. The van der Waals surface area contributed by atoms with E-state index in [4.69, 9.17) is 14.2 Å². The molecule has 2 heterocycles. The summed E-state index contributed by atoms with van der Waals surface area (Å²) in [5, 5.41) is 11.3. The average Bonchev–Trinajstić information content (AvgIpc) is 3.13. The fourth-order valence-corrected chi connectivity index (χ4v) is 4.20. The van der Waals surface area contributed by atoms with Gasteiger partial charge in [0.15, 0.2) is 11.5 Å². The van der Waals surface area contributed by atoms with Crippen LogP contribution in [0, 0.1) is 5.82 Å². The molecule has 1 saturated heterocycles. The largest absolute Gasteiger partial charge is 0.507 e. The van der Waals surface area contributed by atoms with Gasteiger partial charge in [-0.25, -0.2) is 4.39 Å². The molecule has 0 aliphatic carbocycles. The number of nitrogens with zero attached hydrogens (tertiary/aromatic N) is 1. The molecular weight excluding hydrogens is 441 g/mol. The lowest BCUT2D eigenvalue weighted by molar-refractivity contribution is -0.132. The van der Waals surface area contributed by atoms with E-state index in [1.165, 1.54) is 36.3 Å². The van der Waals surface area contributed by atoms with Gasteiger partial charge in [0.1, 0.15) is 30.5 Å². The van der Waals surface area contributed by atoms with Gasteiger partial charge in [0, 0.05) is 11.3 Å². The van der Waals surface area contributed by atoms with Gasteiger partial charge >= 0.3 is 0 Å². The van der Waals surface area contributed by atoms with Crippen LogP contribution in [0.15, 0.2) is 72.3 Å². The molecule has 0 aromatic heterocycles. The molecule has 34 heavy (non-hydrogen) atoms. The van der Waals surface area contributed by atoms with Crippen molar-refractivity contribution in [1.29, 1.82) is 0 Å². The average molecular weight is 461 g/mol. The van der Waals surface area contributed by atoms with Gasteiger partial charge in [-0.2, -0.15) is 0 Å². The zero-order valence-electron chi connectivity index (χ0n) is 18.2. The molecule has 1 N–H and O–H groups in total. The number of methoxy groups -OCH3 is 1. The number of carbonyl (C=O) groups is 2. The first-order chi connectivity index (χ1) is 16.5. The number of fused-ring (bicyclic) bond motifs is 1. The zero-order chi connectivity index (χ0) is 23.8. The van der Waals surface area contributed by atoms with Crippen LogP contribution in [-0.4, -0.2) is 37.1 Å². The van der Waals surface area contributed by atoms with Gasteiger partial charge < -0.3 is 19.3 Å². The van der Waals surface area contributed by atoms with Gasteiger partial charge in [-0.1, -0.05) is 18.2 Å². The zero-order valence-corrected chi connectivity index (χ0v) is 18.2. The Morgan fingerprint density at radius 1 is 1.00 bits per heavy atom. The number of amides is 1. The fraction of sp³-hybridized carbons (Fsp3) is 0.154. The fourth-order valence-electron chi connectivity index (χ4n) is 4.20. The lowest BCUT2D eigenvalue weighted by Crippen LogP contribution is -2.29. The first-order valence-electron chi connectivity index (χ1n) is 10.6. The molecular formula is C26H20FNO6. The minimum absolute atomic E-state index is 0.126. The predicted molar refractivity (Wildman–Crippen MR) is 122 cm³/mol. The summed E-state index contributed by atoms with van der Waals surface area (Å²) < 4.78 is 30.5. The number of rotatable bonds is 4. The molecule has 3 aromatic carbocycles. The van der Waals surface area contributed by atoms with Gasteiger partial charge in [-0.05, 0) is 54.1 Å². The quantitative estimate of drug-likeness (QED) is 0.356. The second-order valence-corrected chi connectivity index (χ2v) is 7.78. The molecule has 2 aliphatic heterocycles. The van der Waals surface area contributed by atoms with Crippen molar-refractivity contribution in [3.05, 3.63) is 89.2 Å². The van der Waals surface area contributed by atoms with Crippen molar-refractivity contribution in [2.75, 3.05) is 25.2 Å². The van der Waals surface area contributed by atoms with E-state index >= 15 is 0 Å². The van der Waals surface area contributed by atoms with Crippen LogP contribution in [0.2, 0.25) is 0 Å². The van der Waals surface area contributed by atoms with Gasteiger partial charge in [-0.15, -0.1) is 0 Å². The Balaban J connectivity index is 1.71. The molecule has 5 rings (SSSR count). The van der Waals surface area contributed by atoms with Crippen molar-refractivity contribution in [3.63, 3.8) is 0 Å². The smallest absolute Gasteiger partial charge is 0.300 e. The van der Waals surface area contributed by atoms with Gasteiger partial charge in [0.05, 0.1) is 18.7 Å². The SMILES string of the molecule is COc1cccc(C2/C(=C(/O)c3ccc4c(c3)OCCO4)C(=O)C(=O)N2c2cccc(F)c2)c1. The number of hydrogen-bond donors (Lipinski definition) is 1. The minimum Gasteiger partial charge on any atom is -0.507 e. The van der Waals surface area contributed by atoms with Crippen LogP contribution in [0.1, 0.15) is 17.2 Å². The van der Waals surface area contributed by atoms with E-state index in [0.29, 0.717) is 36.0 Å². The third-order valence-electron chi connectivity index (χ3n) is 5.76. The lowest BCUT2D eigenvalue weighted by atomic mass is 9.94. The van der Waals surface area contributed by atoms with Gasteiger partial charge in [0.25, 0.3) is 11.7 Å². The number of carbonyl (C=O) groups excluding carboxylic acids is 2. The van der Waals surface area contributed by atoms with Crippen LogP contribution in [0.25, 0.3) is 5.76 Å². The minimum atomic E-state index is -1.01. The number of Topliss-reactive ketones (excluding diaryl/α,β-unsaturated/α-hetero) is 1. The van der Waals surface area contributed by atoms with E-state index in [1.807, 2.05) is 0 Å². The Morgan fingerprint density at radius 2 is 1.76 bits per heavy atom. The van der Waals surface area contributed by atoms with Crippen LogP contribution < -0.4 is 19.1 Å². The summed E-state index contributed by atoms with van der Waals surface area (Å²) in [4.78, 5) is 27.6. The number of aliphatic hydroxyl groups excluding tert-OH is 1. The number of halogens is 1. The maximum absolute atomic E-state index is 14.0. The van der Waals surface area contributed by atoms with Crippen molar-refractivity contribution in [3.8, 4) is 17.2 Å². The molecule has 0 bridgehead atoms. The Hall–Kier alpha value is -4.33. The molecule has 7 nitrogen and oxygen atoms in total. The molecule has 3 aromatic rings. The highest BCUT2D eigenvalue weighted by atomic mass is 19.1. The van der Waals surface area contributed by atoms with Crippen LogP contribution >= 0.6 is 0 Å². The maximum atomic E-state index is 14.0. The highest BCUT2D eigenvalue weighted by Crippen LogP contribution is 2.43. The van der Waals surface area contributed by atoms with Crippen molar-refractivity contribution in [2.24, 2.45) is 0 Å². The van der Waals surface area contributed by atoms with Crippen LogP contribution in [0.5, 0.6) is 17.2 Å². The van der Waals surface area contributed by atoms with E-state index in [2.05, 4.69) is 0 Å². The third-order valence-corrected chi connectivity index (χ3v) is 5.76. The molecule has 0 saturated carbocycles. The molecule has 172 valence electrons. The lowest BCUT2D eigenvalue weighted by Gasteiger charge is -2.26. The number of anilines is 1. The first-order valence-corrected chi connectivity index (χ1v) is 10.6. The molecule has 1 fully saturated rings. The molecule has 2 aliphatic rings. The summed E-state index contributed by atoms with van der Waals surface area (Å²) in [5.74, 6) is -1.25. The van der Waals surface area contributed by atoms with Crippen LogP contribution in [0.3, 0.4) is 0 Å². The second-order valence-electron chi connectivity index (χ2n) is 7.78. The summed E-state index contributed by atoms with van der Waals surface area (Å²) in [6, 6.07) is 16.0. The van der Waals surface area contributed by atoms with E-state index in [-0.39, 0.29) is 22.6 Å². The standard InChI is InChI=1S/C26H20FNO6/c1-32-19-7-2-4-15(12-19)23-22(24(29)16-8-9-20-21(13-16)34-11-10-33-20)25(30)26(31)28(23)18-6-3-5-17(27)14-18/h2-9,12-14,23,29H,10-11H2,1H3/b24-22-. The van der Waals surface area contributed by atoms with Crippen molar-refractivity contribution in [1.82, 2.24) is 0 Å². The van der Waals surface area contributed by atoms with E-state index in [0.717, 1.165) is 0 Å². The second kappa shape index (κ2) is 8.55.